The molecule has 5 heteroatoms. The summed E-state index contributed by atoms with van der Waals surface area (Å²) < 4.78 is 24.1. The van der Waals surface area contributed by atoms with E-state index in [1.807, 2.05) is 24.3 Å². The van der Waals surface area contributed by atoms with Gasteiger partial charge in [-0.1, -0.05) is 24.3 Å². The number of benzene rings is 2. The molecule has 2 aromatic carbocycles. The number of amides is 1. The molecule has 3 rings (SSSR count). The minimum absolute atomic E-state index is 0.0384. The molecular weight excluding hydrogens is 297 g/mol. The van der Waals surface area contributed by atoms with Crippen LogP contribution < -0.4 is 9.47 Å². The van der Waals surface area contributed by atoms with Crippen LogP contribution in [0.25, 0.3) is 0 Å². The fourth-order valence-electron chi connectivity index (χ4n) is 2.70. The highest BCUT2D eigenvalue weighted by molar-refractivity contribution is 5.78. The Balaban J connectivity index is 1.66. The molecule has 2 aromatic rings. The maximum absolute atomic E-state index is 13.1. The largest absolute Gasteiger partial charge is 0.493 e. The van der Waals surface area contributed by atoms with Gasteiger partial charge in [0.15, 0.2) is 6.61 Å². The first kappa shape index (κ1) is 15.3. The fraction of sp³-hybridized carbons (Fsp3) is 0.278. The number of para-hydroxylation sites is 1. The second kappa shape index (κ2) is 6.69. The third kappa shape index (κ3) is 3.44. The highest BCUT2D eigenvalue weighted by atomic mass is 19.1. The first-order chi connectivity index (χ1) is 11.1. The van der Waals surface area contributed by atoms with E-state index in [-0.39, 0.29) is 24.4 Å². The topological polar surface area (TPSA) is 38.8 Å². The Labute approximate surface area is 134 Å². The number of carbonyl (C=O) groups is 1. The van der Waals surface area contributed by atoms with E-state index in [0.29, 0.717) is 12.4 Å². The van der Waals surface area contributed by atoms with Crippen LogP contribution in [0.2, 0.25) is 0 Å². The molecular formula is C18H18FNO3. The smallest absolute Gasteiger partial charge is 0.260 e. The summed E-state index contributed by atoms with van der Waals surface area (Å²) in [6.45, 7) is 0.448. The Bertz CT molecular complexity index is 704. The lowest BCUT2D eigenvalue weighted by atomic mass is 9.99. The number of rotatable bonds is 4. The Morgan fingerprint density at radius 3 is 2.96 bits per heavy atom. The number of fused-ring (bicyclic) bond motifs is 1. The predicted molar refractivity (Wildman–Crippen MR) is 84.0 cm³/mol. The molecule has 0 radical (unpaired) electrons. The van der Waals surface area contributed by atoms with Crippen molar-refractivity contribution in [3.63, 3.8) is 0 Å². The molecule has 1 atom stereocenters. The SMILES string of the molecule is CN(C(=O)COc1cccc(F)c1)C1CCOc2ccccc21. The summed E-state index contributed by atoms with van der Waals surface area (Å²) >= 11 is 0. The van der Waals surface area contributed by atoms with Crippen LogP contribution >= 0.6 is 0 Å². The fourth-order valence-corrected chi connectivity index (χ4v) is 2.70. The Hall–Kier alpha value is -2.56. The number of hydrogen-bond donors (Lipinski definition) is 0. The summed E-state index contributed by atoms with van der Waals surface area (Å²) in [7, 11) is 1.75. The Kier molecular flexibility index (Phi) is 4.46. The average Bonchev–Trinajstić information content (AvgIpc) is 2.58. The van der Waals surface area contributed by atoms with Gasteiger partial charge in [-0.05, 0) is 18.2 Å². The zero-order chi connectivity index (χ0) is 16.2. The molecule has 1 aliphatic heterocycles. The minimum atomic E-state index is -0.387. The number of carbonyl (C=O) groups excluding carboxylic acids is 1. The van der Waals surface area contributed by atoms with Crippen LogP contribution in [-0.2, 0) is 4.79 Å². The number of hydrogen-bond acceptors (Lipinski definition) is 3. The maximum Gasteiger partial charge on any atom is 0.260 e. The van der Waals surface area contributed by atoms with E-state index in [2.05, 4.69) is 0 Å². The van der Waals surface area contributed by atoms with Gasteiger partial charge in [-0.15, -0.1) is 0 Å². The van der Waals surface area contributed by atoms with Crippen molar-refractivity contribution < 1.29 is 18.7 Å². The zero-order valence-electron chi connectivity index (χ0n) is 12.9. The molecule has 1 heterocycles. The van der Waals surface area contributed by atoms with Crippen LogP contribution in [0.15, 0.2) is 48.5 Å². The average molecular weight is 315 g/mol. The molecule has 0 bridgehead atoms. The summed E-state index contributed by atoms with van der Waals surface area (Å²) in [5, 5.41) is 0. The second-order valence-corrected chi connectivity index (χ2v) is 5.44. The minimum Gasteiger partial charge on any atom is -0.493 e. The van der Waals surface area contributed by atoms with Crippen molar-refractivity contribution in [3.8, 4) is 11.5 Å². The lowest BCUT2D eigenvalue weighted by Gasteiger charge is -2.33. The van der Waals surface area contributed by atoms with Crippen molar-refractivity contribution >= 4 is 5.91 Å². The molecule has 1 aliphatic rings. The zero-order valence-corrected chi connectivity index (χ0v) is 12.9. The molecule has 1 amide bonds. The van der Waals surface area contributed by atoms with Crippen LogP contribution in [-0.4, -0.2) is 31.1 Å². The van der Waals surface area contributed by atoms with Gasteiger partial charge in [0.05, 0.1) is 12.6 Å². The molecule has 0 aliphatic carbocycles. The van der Waals surface area contributed by atoms with Gasteiger partial charge in [0, 0.05) is 25.1 Å². The van der Waals surface area contributed by atoms with E-state index in [0.717, 1.165) is 17.7 Å². The van der Waals surface area contributed by atoms with Crippen LogP contribution in [0, 0.1) is 5.82 Å². The highest BCUT2D eigenvalue weighted by Crippen LogP contribution is 2.35. The van der Waals surface area contributed by atoms with E-state index < -0.39 is 0 Å². The molecule has 0 spiro atoms. The van der Waals surface area contributed by atoms with Crippen LogP contribution in [0.1, 0.15) is 18.0 Å². The molecule has 23 heavy (non-hydrogen) atoms. The van der Waals surface area contributed by atoms with Gasteiger partial charge in [0.1, 0.15) is 17.3 Å². The Morgan fingerprint density at radius 1 is 1.30 bits per heavy atom. The number of ether oxygens (including phenoxy) is 2. The summed E-state index contributed by atoms with van der Waals surface area (Å²) in [5.41, 5.74) is 1.00. The van der Waals surface area contributed by atoms with Gasteiger partial charge in [0.25, 0.3) is 5.91 Å². The van der Waals surface area contributed by atoms with Gasteiger partial charge in [-0.2, -0.15) is 0 Å². The van der Waals surface area contributed by atoms with Crippen molar-refractivity contribution in [2.45, 2.75) is 12.5 Å². The Morgan fingerprint density at radius 2 is 2.13 bits per heavy atom. The van der Waals surface area contributed by atoms with Crippen LogP contribution in [0.3, 0.4) is 0 Å². The van der Waals surface area contributed by atoms with Gasteiger partial charge >= 0.3 is 0 Å². The summed E-state index contributed by atoms with van der Waals surface area (Å²) in [4.78, 5) is 14.0. The molecule has 0 fully saturated rings. The van der Waals surface area contributed by atoms with Crippen molar-refractivity contribution in [2.75, 3.05) is 20.3 Å². The van der Waals surface area contributed by atoms with E-state index >= 15 is 0 Å². The summed E-state index contributed by atoms with van der Waals surface area (Å²) in [5.74, 6) is 0.617. The summed E-state index contributed by atoms with van der Waals surface area (Å²) in [6, 6.07) is 13.4. The second-order valence-electron chi connectivity index (χ2n) is 5.44. The highest BCUT2D eigenvalue weighted by Gasteiger charge is 2.27. The normalized spacial score (nSPS) is 16.2. The molecule has 120 valence electrons. The van der Waals surface area contributed by atoms with Crippen molar-refractivity contribution in [2.24, 2.45) is 0 Å². The van der Waals surface area contributed by atoms with Gasteiger partial charge in [-0.3, -0.25) is 4.79 Å². The van der Waals surface area contributed by atoms with E-state index in [4.69, 9.17) is 9.47 Å². The maximum atomic E-state index is 13.1. The predicted octanol–water partition coefficient (Wildman–Crippen LogP) is 3.19. The van der Waals surface area contributed by atoms with Crippen LogP contribution in [0.5, 0.6) is 11.5 Å². The monoisotopic (exact) mass is 315 g/mol. The third-order valence-corrected chi connectivity index (χ3v) is 3.95. The van der Waals surface area contributed by atoms with Gasteiger partial charge in [-0.25, -0.2) is 4.39 Å². The van der Waals surface area contributed by atoms with E-state index in [1.165, 1.54) is 12.1 Å². The molecule has 0 N–H and O–H groups in total. The number of nitrogens with zero attached hydrogens (tertiary/aromatic N) is 1. The van der Waals surface area contributed by atoms with Crippen molar-refractivity contribution in [1.29, 1.82) is 0 Å². The quantitative estimate of drug-likeness (QED) is 0.870. The first-order valence-electron chi connectivity index (χ1n) is 7.51. The molecule has 0 saturated carbocycles. The molecule has 1 unspecified atom stereocenters. The first-order valence-corrected chi connectivity index (χ1v) is 7.51. The van der Waals surface area contributed by atoms with Crippen LogP contribution in [0.4, 0.5) is 4.39 Å². The van der Waals surface area contributed by atoms with E-state index in [1.54, 1.807) is 24.1 Å². The van der Waals surface area contributed by atoms with Crippen molar-refractivity contribution in [1.82, 2.24) is 4.90 Å². The van der Waals surface area contributed by atoms with Gasteiger partial charge in [0.2, 0.25) is 0 Å². The standard InChI is InChI=1S/C18H18FNO3/c1-20(16-9-10-22-17-8-3-2-7-15(16)17)18(21)12-23-14-6-4-5-13(19)11-14/h2-8,11,16H,9-10,12H2,1H3. The number of halogens is 1. The lowest BCUT2D eigenvalue weighted by molar-refractivity contribution is -0.134. The lowest BCUT2D eigenvalue weighted by Crippen LogP contribution is -2.37. The molecule has 0 aromatic heterocycles. The summed E-state index contributed by atoms with van der Waals surface area (Å²) in [6.07, 6.45) is 0.735. The van der Waals surface area contributed by atoms with E-state index in [9.17, 15) is 9.18 Å². The molecule has 4 nitrogen and oxygen atoms in total. The van der Waals surface area contributed by atoms with Gasteiger partial charge < -0.3 is 14.4 Å². The number of likely N-dealkylation sites (N-methyl/N-ethyl adjacent to an activating group) is 1. The molecule has 0 saturated heterocycles. The van der Waals surface area contributed by atoms with Crippen molar-refractivity contribution in [3.05, 3.63) is 59.9 Å². The third-order valence-electron chi connectivity index (χ3n) is 3.95.